The van der Waals surface area contributed by atoms with Crippen LogP contribution in [0, 0.1) is 0 Å². The Morgan fingerprint density at radius 3 is 3.00 bits per heavy atom. The van der Waals surface area contributed by atoms with Crippen LogP contribution in [0.15, 0.2) is 0 Å². The van der Waals surface area contributed by atoms with Crippen molar-refractivity contribution < 1.29 is 0 Å². The molecule has 1 saturated heterocycles. The van der Waals surface area contributed by atoms with Crippen LogP contribution in [-0.4, -0.2) is 22.1 Å². The molecule has 0 radical (unpaired) electrons. The van der Waals surface area contributed by atoms with E-state index in [0.29, 0.717) is 6.04 Å². The van der Waals surface area contributed by atoms with Crippen molar-refractivity contribution in [1.29, 1.82) is 0 Å². The van der Waals surface area contributed by atoms with Crippen LogP contribution in [0.4, 0.5) is 0 Å². The Kier molecular flexibility index (Phi) is 2.53. The van der Waals surface area contributed by atoms with Crippen LogP contribution in [0.1, 0.15) is 32.1 Å². The summed E-state index contributed by atoms with van der Waals surface area (Å²) in [5, 5.41) is 17.6. The van der Waals surface area contributed by atoms with Crippen molar-refractivity contribution >= 4 is 0 Å². The van der Waals surface area contributed by atoms with Gasteiger partial charge in [-0.2, -0.15) is 5.21 Å². The second-order valence-electron chi connectivity index (χ2n) is 2.39. The first-order valence-electron chi connectivity index (χ1n) is 3.39. The van der Waals surface area contributed by atoms with Gasteiger partial charge in [0.05, 0.1) is 0 Å². The van der Waals surface area contributed by atoms with E-state index < -0.39 is 0 Å². The van der Waals surface area contributed by atoms with Crippen LogP contribution in [0.2, 0.25) is 0 Å². The predicted molar refractivity (Wildman–Crippen MR) is 39.9 cm³/mol. The molecule has 0 aromatic carbocycles. The van der Waals surface area contributed by atoms with Crippen molar-refractivity contribution in [2.75, 3.05) is 6.54 Å². The van der Waals surface area contributed by atoms with Gasteiger partial charge in [0.25, 0.3) is 0 Å². The summed E-state index contributed by atoms with van der Waals surface area (Å²) in [5.74, 6) is 0.734. The van der Waals surface area contributed by atoms with Gasteiger partial charge in [-0.25, -0.2) is 0 Å². The fraction of sp³-hybridized carbons (Fsp3) is 0.833. The van der Waals surface area contributed by atoms with Gasteiger partial charge in [-0.3, -0.25) is 10.3 Å². The molecule has 1 aromatic rings. The number of nitrogens with zero attached hydrogens (tertiary/aromatic N) is 4. The van der Waals surface area contributed by atoms with E-state index in [1.807, 2.05) is 0 Å². The first kappa shape index (κ1) is 8.13. The highest BCUT2D eigenvalue weighted by Gasteiger charge is 2.14. The number of aromatic nitrogens is 4. The molecule has 5 nitrogen and oxygen atoms in total. The van der Waals surface area contributed by atoms with Crippen LogP contribution < -0.4 is 10.4 Å². The molecule has 0 amide bonds. The van der Waals surface area contributed by atoms with E-state index in [0.717, 1.165) is 18.8 Å². The average molecular weight is 154 g/mol. The summed E-state index contributed by atoms with van der Waals surface area (Å²) in [7, 11) is 0. The molecule has 2 heterocycles. The topological polar surface area (TPSA) is 64.8 Å². The number of hydrogen-bond donors (Lipinski definition) is 1. The Balaban J connectivity index is 0.000000605. The van der Waals surface area contributed by atoms with Crippen molar-refractivity contribution in [1.82, 2.24) is 25.9 Å². The molecule has 1 aliphatic rings. The molecular formula is C6H12N5-. The first-order valence-corrected chi connectivity index (χ1v) is 3.39. The van der Waals surface area contributed by atoms with Gasteiger partial charge in [0.2, 0.25) is 0 Å². The van der Waals surface area contributed by atoms with Gasteiger partial charge in [-0.05, 0) is 19.4 Å². The molecule has 1 aromatic heterocycles. The summed E-state index contributed by atoms with van der Waals surface area (Å²) in [5.41, 5.74) is 0. The zero-order valence-electron chi connectivity index (χ0n) is 5.49. The highest BCUT2D eigenvalue weighted by atomic mass is 15.5. The smallest absolute Gasteiger partial charge is 0.0388 e. The third kappa shape index (κ3) is 1.54. The average Bonchev–Trinajstić information content (AvgIpc) is 2.59. The van der Waals surface area contributed by atoms with Crippen molar-refractivity contribution in [2.24, 2.45) is 0 Å². The van der Waals surface area contributed by atoms with Crippen molar-refractivity contribution in [3.8, 4) is 0 Å². The fourth-order valence-electron chi connectivity index (χ4n) is 1.20. The maximum absolute atomic E-state index is 3.76. The highest BCUT2D eigenvalue weighted by Crippen LogP contribution is 2.17. The third-order valence-corrected chi connectivity index (χ3v) is 1.71. The summed E-state index contributed by atoms with van der Waals surface area (Å²) < 4.78 is 0. The van der Waals surface area contributed by atoms with Gasteiger partial charge in [0.15, 0.2) is 0 Å². The molecule has 1 atom stereocenters. The SMILES string of the molecule is C.C1CNC(c2nnn[n-]2)C1. The quantitative estimate of drug-likeness (QED) is 0.611. The van der Waals surface area contributed by atoms with Crippen LogP contribution in [0.5, 0.6) is 0 Å². The largest absolute Gasteiger partial charge is 0.334 e. The minimum atomic E-state index is 0. The molecule has 62 valence electrons. The fourth-order valence-corrected chi connectivity index (χ4v) is 1.20. The van der Waals surface area contributed by atoms with Crippen LogP contribution in [0.3, 0.4) is 0 Å². The van der Waals surface area contributed by atoms with Crippen LogP contribution in [-0.2, 0) is 0 Å². The van der Waals surface area contributed by atoms with Crippen molar-refractivity contribution in [3.63, 3.8) is 0 Å². The van der Waals surface area contributed by atoms with E-state index in [9.17, 15) is 0 Å². The van der Waals surface area contributed by atoms with Gasteiger partial charge in [-0.15, -0.1) is 0 Å². The Labute approximate surface area is 65.6 Å². The lowest BCUT2D eigenvalue weighted by Crippen LogP contribution is -2.14. The van der Waals surface area contributed by atoms with Gasteiger partial charge >= 0.3 is 0 Å². The number of hydrogen-bond acceptors (Lipinski definition) is 4. The molecule has 0 bridgehead atoms. The molecule has 2 rings (SSSR count). The summed E-state index contributed by atoms with van der Waals surface area (Å²) in [6.45, 7) is 1.05. The summed E-state index contributed by atoms with van der Waals surface area (Å²) in [4.78, 5) is 0. The standard InChI is InChI=1S/C5H8N5.CH4/c1-2-4(6-3-1)5-7-9-10-8-5;/h4,6H,1-3H2;1H4/q-1;. The Hall–Kier alpha value is -0.970. The molecule has 0 spiro atoms. The lowest BCUT2D eigenvalue weighted by molar-refractivity contribution is 0.603. The predicted octanol–water partition coefficient (Wildman–Crippen LogP) is -0.111. The van der Waals surface area contributed by atoms with Gasteiger partial charge in [0, 0.05) is 11.9 Å². The van der Waals surface area contributed by atoms with Crippen LogP contribution in [0.25, 0.3) is 0 Å². The Bertz CT molecular complexity index is 189. The maximum Gasteiger partial charge on any atom is 0.0388 e. The highest BCUT2D eigenvalue weighted by molar-refractivity contribution is 4.91. The molecule has 0 saturated carbocycles. The second-order valence-corrected chi connectivity index (χ2v) is 2.39. The van der Waals surface area contributed by atoms with E-state index in [1.54, 1.807) is 0 Å². The Morgan fingerprint density at radius 1 is 1.55 bits per heavy atom. The minimum absolute atomic E-state index is 0. The normalized spacial score (nSPS) is 23.1. The molecular weight excluding hydrogens is 142 g/mol. The van der Waals surface area contributed by atoms with E-state index in [2.05, 4.69) is 25.9 Å². The first-order chi connectivity index (χ1) is 4.97. The van der Waals surface area contributed by atoms with Gasteiger partial charge in [0.1, 0.15) is 0 Å². The molecule has 1 N–H and O–H groups in total. The van der Waals surface area contributed by atoms with Gasteiger partial charge < -0.3 is 10.4 Å². The molecule has 11 heavy (non-hydrogen) atoms. The summed E-state index contributed by atoms with van der Waals surface area (Å²) in [6, 6.07) is 0.301. The van der Waals surface area contributed by atoms with Crippen molar-refractivity contribution in [3.05, 3.63) is 5.82 Å². The monoisotopic (exact) mass is 154 g/mol. The lowest BCUT2D eigenvalue weighted by Gasteiger charge is -2.07. The molecule has 1 unspecified atom stereocenters. The minimum Gasteiger partial charge on any atom is -0.334 e. The van der Waals surface area contributed by atoms with Crippen molar-refractivity contribution in [2.45, 2.75) is 26.3 Å². The number of rotatable bonds is 1. The lowest BCUT2D eigenvalue weighted by atomic mass is 10.2. The summed E-state index contributed by atoms with van der Waals surface area (Å²) in [6.07, 6.45) is 2.30. The molecule has 0 aliphatic carbocycles. The second kappa shape index (κ2) is 3.43. The number of tetrazole rings is 1. The zero-order chi connectivity index (χ0) is 6.81. The van der Waals surface area contributed by atoms with Crippen LogP contribution >= 0.6 is 0 Å². The third-order valence-electron chi connectivity index (χ3n) is 1.71. The van der Waals surface area contributed by atoms with E-state index in [1.165, 1.54) is 6.42 Å². The van der Waals surface area contributed by atoms with E-state index in [4.69, 9.17) is 0 Å². The summed E-state index contributed by atoms with van der Waals surface area (Å²) >= 11 is 0. The Morgan fingerprint density at radius 2 is 2.45 bits per heavy atom. The van der Waals surface area contributed by atoms with Gasteiger partial charge in [-0.1, -0.05) is 7.43 Å². The molecule has 1 fully saturated rings. The maximum atomic E-state index is 3.76. The number of nitrogens with one attached hydrogen (secondary N) is 1. The van der Waals surface area contributed by atoms with E-state index >= 15 is 0 Å². The molecule has 5 heteroatoms. The zero-order valence-corrected chi connectivity index (χ0v) is 5.49. The molecule has 1 aliphatic heterocycles. The van der Waals surface area contributed by atoms with E-state index in [-0.39, 0.29) is 7.43 Å².